The first-order chi connectivity index (χ1) is 12.6. The maximum Gasteiger partial charge on any atom is 0.0210 e. The lowest BCUT2D eigenvalue weighted by atomic mass is 9.90. The van der Waals surface area contributed by atoms with Crippen molar-refractivity contribution in [2.24, 2.45) is 0 Å². The van der Waals surface area contributed by atoms with Crippen molar-refractivity contribution in [3.05, 3.63) is 34.9 Å². The van der Waals surface area contributed by atoms with Gasteiger partial charge < -0.3 is 5.32 Å². The van der Waals surface area contributed by atoms with E-state index >= 15 is 0 Å². The Morgan fingerprint density at radius 1 is 0.808 bits per heavy atom. The van der Waals surface area contributed by atoms with E-state index in [1.807, 2.05) is 0 Å². The van der Waals surface area contributed by atoms with E-state index in [0.717, 1.165) is 6.54 Å². The number of fused-ring (bicyclic) bond motifs is 1. The lowest BCUT2D eigenvalue weighted by molar-refractivity contribution is 0.344. The minimum Gasteiger partial charge on any atom is -0.308 e. The third-order valence-electron chi connectivity index (χ3n) is 6.09. The summed E-state index contributed by atoms with van der Waals surface area (Å²) in [7, 11) is 0. The van der Waals surface area contributed by atoms with Gasteiger partial charge in [-0.2, -0.15) is 0 Å². The molecule has 1 nitrogen and oxygen atoms in total. The van der Waals surface area contributed by atoms with E-state index in [1.54, 1.807) is 11.1 Å². The van der Waals surface area contributed by atoms with E-state index in [-0.39, 0.29) is 5.54 Å². The zero-order valence-corrected chi connectivity index (χ0v) is 17.8. The number of benzene rings is 1. The minimum absolute atomic E-state index is 0.247. The average molecular weight is 358 g/mol. The van der Waals surface area contributed by atoms with E-state index in [4.69, 9.17) is 0 Å². The molecule has 0 unspecified atom stereocenters. The smallest absolute Gasteiger partial charge is 0.0210 e. The Hall–Kier alpha value is -0.820. The second kappa shape index (κ2) is 11.8. The third-order valence-corrected chi connectivity index (χ3v) is 6.09. The van der Waals surface area contributed by atoms with Gasteiger partial charge in [0.05, 0.1) is 0 Å². The summed E-state index contributed by atoms with van der Waals surface area (Å²) in [4.78, 5) is 0. The van der Waals surface area contributed by atoms with Gasteiger partial charge in [0.2, 0.25) is 0 Å². The van der Waals surface area contributed by atoms with E-state index in [2.05, 4.69) is 44.3 Å². The third kappa shape index (κ3) is 8.25. The second-order valence-corrected chi connectivity index (χ2v) is 9.13. The molecule has 1 heteroatoms. The van der Waals surface area contributed by atoms with E-state index in [1.165, 1.54) is 95.5 Å². The van der Waals surface area contributed by atoms with Crippen LogP contribution >= 0.6 is 0 Å². The number of hydrogen-bond acceptors (Lipinski definition) is 1. The molecular formula is C25H43N. The van der Waals surface area contributed by atoms with Crippen molar-refractivity contribution < 1.29 is 0 Å². The normalized spacial score (nSPS) is 14.4. The predicted molar refractivity (Wildman–Crippen MR) is 116 cm³/mol. The van der Waals surface area contributed by atoms with Crippen LogP contribution in [0.2, 0.25) is 0 Å². The van der Waals surface area contributed by atoms with Crippen molar-refractivity contribution in [3.8, 4) is 0 Å². The number of aryl methyl sites for hydroxylation is 2. The van der Waals surface area contributed by atoms with E-state index in [0.29, 0.717) is 0 Å². The lowest BCUT2D eigenvalue weighted by Crippen LogP contribution is -2.38. The Balaban J connectivity index is 1.58. The van der Waals surface area contributed by atoms with Crippen molar-refractivity contribution in [1.82, 2.24) is 5.32 Å². The largest absolute Gasteiger partial charge is 0.308 e. The molecule has 26 heavy (non-hydrogen) atoms. The van der Waals surface area contributed by atoms with Crippen LogP contribution in [-0.4, -0.2) is 5.54 Å². The van der Waals surface area contributed by atoms with Gasteiger partial charge in [-0.3, -0.25) is 0 Å². The molecule has 0 saturated carbocycles. The van der Waals surface area contributed by atoms with Crippen LogP contribution in [0.1, 0.15) is 115 Å². The topological polar surface area (TPSA) is 12.0 Å². The Kier molecular flexibility index (Phi) is 9.75. The maximum absolute atomic E-state index is 3.81. The highest BCUT2D eigenvalue weighted by Gasteiger charge is 2.17. The molecule has 0 fully saturated rings. The standard InChI is InChI=1S/C25H43N/c1-4-5-6-7-8-9-10-11-14-19-25(2,3)26-21-22-17-18-23-15-12-13-16-24(23)20-22/h17-18,20,26H,4-16,19,21H2,1-3H3. The highest BCUT2D eigenvalue weighted by molar-refractivity contribution is 5.33. The SMILES string of the molecule is CCCCCCCCCCCC(C)(C)NCc1ccc2c(c1)CCCC2. The summed E-state index contributed by atoms with van der Waals surface area (Å²) in [5.74, 6) is 0. The molecule has 1 N–H and O–H groups in total. The summed E-state index contributed by atoms with van der Waals surface area (Å²) >= 11 is 0. The van der Waals surface area contributed by atoms with Gasteiger partial charge in [0.15, 0.2) is 0 Å². The van der Waals surface area contributed by atoms with Gasteiger partial charge in [-0.25, -0.2) is 0 Å². The summed E-state index contributed by atoms with van der Waals surface area (Å²) in [5.41, 5.74) is 4.91. The molecule has 0 heterocycles. The molecule has 0 atom stereocenters. The molecule has 2 rings (SSSR count). The molecule has 1 aliphatic rings. The summed E-state index contributed by atoms with van der Waals surface area (Å²) in [6.07, 6.45) is 19.3. The summed E-state index contributed by atoms with van der Waals surface area (Å²) in [6.45, 7) is 8.05. The van der Waals surface area contributed by atoms with Gasteiger partial charge in [-0.05, 0) is 62.6 Å². The van der Waals surface area contributed by atoms with Crippen LogP contribution in [0.4, 0.5) is 0 Å². The van der Waals surface area contributed by atoms with Gasteiger partial charge in [0.25, 0.3) is 0 Å². The molecule has 0 saturated heterocycles. The van der Waals surface area contributed by atoms with Crippen LogP contribution in [0.15, 0.2) is 18.2 Å². The second-order valence-electron chi connectivity index (χ2n) is 9.13. The lowest BCUT2D eigenvalue weighted by Gasteiger charge is -2.27. The minimum atomic E-state index is 0.247. The molecule has 0 aliphatic heterocycles. The summed E-state index contributed by atoms with van der Waals surface area (Å²) < 4.78 is 0. The number of unbranched alkanes of at least 4 members (excludes halogenated alkanes) is 8. The molecular weight excluding hydrogens is 314 g/mol. The summed E-state index contributed by atoms with van der Waals surface area (Å²) in [5, 5.41) is 3.81. The quantitative estimate of drug-likeness (QED) is 0.364. The molecule has 1 aliphatic carbocycles. The first-order valence-electron chi connectivity index (χ1n) is 11.5. The Morgan fingerprint density at radius 2 is 1.42 bits per heavy atom. The predicted octanol–water partition coefficient (Wildman–Crippen LogP) is 7.35. The highest BCUT2D eigenvalue weighted by atomic mass is 14.9. The molecule has 0 aromatic heterocycles. The highest BCUT2D eigenvalue weighted by Crippen LogP contribution is 2.23. The van der Waals surface area contributed by atoms with Crippen molar-refractivity contribution in [2.75, 3.05) is 0 Å². The molecule has 0 bridgehead atoms. The van der Waals surface area contributed by atoms with Crippen LogP contribution in [0.25, 0.3) is 0 Å². The molecule has 0 spiro atoms. The van der Waals surface area contributed by atoms with Crippen LogP contribution in [0.5, 0.6) is 0 Å². The monoisotopic (exact) mass is 357 g/mol. The molecule has 148 valence electrons. The Labute approximate surface area is 163 Å². The first-order valence-corrected chi connectivity index (χ1v) is 11.5. The summed E-state index contributed by atoms with van der Waals surface area (Å²) in [6, 6.07) is 7.17. The fourth-order valence-corrected chi connectivity index (χ4v) is 4.20. The van der Waals surface area contributed by atoms with Crippen LogP contribution in [-0.2, 0) is 19.4 Å². The molecule has 1 aromatic carbocycles. The Morgan fingerprint density at radius 3 is 2.12 bits per heavy atom. The van der Waals surface area contributed by atoms with Gasteiger partial charge in [0, 0.05) is 12.1 Å². The molecule has 0 amide bonds. The van der Waals surface area contributed by atoms with Crippen molar-refractivity contribution in [1.29, 1.82) is 0 Å². The zero-order chi connectivity index (χ0) is 18.7. The van der Waals surface area contributed by atoms with Crippen molar-refractivity contribution in [3.63, 3.8) is 0 Å². The number of rotatable bonds is 13. The van der Waals surface area contributed by atoms with Crippen LogP contribution in [0, 0.1) is 0 Å². The van der Waals surface area contributed by atoms with Gasteiger partial charge in [-0.1, -0.05) is 82.9 Å². The van der Waals surface area contributed by atoms with Crippen LogP contribution in [0.3, 0.4) is 0 Å². The van der Waals surface area contributed by atoms with Gasteiger partial charge in [0.1, 0.15) is 0 Å². The van der Waals surface area contributed by atoms with E-state index < -0.39 is 0 Å². The fraction of sp³-hybridized carbons (Fsp3) is 0.760. The maximum atomic E-state index is 3.81. The first kappa shape index (κ1) is 21.5. The van der Waals surface area contributed by atoms with Crippen molar-refractivity contribution >= 4 is 0 Å². The zero-order valence-electron chi connectivity index (χ0n) is 17.8. The molecule has 0 radical (unpaired) electrons. The number of hydrogen-bond donors (Lipinski definition) is 1. The van der Waals surface area contributed by atoms with Crippen LogP contribution < -0.4 is 5.32 Å². The van der Waals surface area contributed by atoms with Gasteiger partial charge in [-0.15, -0.1) is 0 Å². The Bertz CT molecular complexity index is 503. The fourth-order valence-electron chi connectivity index (χ4n) is 4.20. The van der Waals surface area contributed by atoms with E-state index in [9.17, 15) is 0 Å². The van der Waals surface area contributed by atoms with Gasteiger partial charge >= 0.3 is 0 Å². The average Bonchev–Trinajstić information content (AvgIpc) is 2.65. The molecule has 1 aromatic rings. The van der Waals surface area contributed by atoms with Crippen molar-refractivity contribution in [2.45, 2.75) is 123 Å². The number of nitrogens with one attached hydrogen (secondary N) is 1.